The molecule has 0 bridgehead atoms. The molecular weight excluding hydrogens is 967 g/mol. The molecule has 2 aliphatic carbocycles. The average molecular weight is 1010 g/mol. The zero-order valence-electron chi connectivity index (χ0n) is 42.2. The summed E-state index contributed by atoms with van der Waals surface area (Å²) in [5.74, 6) is 3.55. The van der Waals surface area contributed by atoms with Crippen LogP contribution in [0.3, 0.4) is 0 Å². The van der Waals surface area contributed by atoms with Crippen LogP contribution in [0.1, 0.15) is 44.5 Å². The van der Waals surface area contributed by atoms with Gasteiger partial charge in [-0.3, -0.25) is 0 Å². The maximum Gasteiger partial charge on any atom is 0.132 e. The van der Waals surface area contributed by atoms with Crippen LogP contribution < -0.4 is 14.4 Å². The molecule has 17 rings (SSSR count). The van der Waals surface area contributed by atoms with E-state index in [9.17, 15) is 0 Å². The highest BCUT2D eigenvalue weighted by molar-refractivity contribution is 7.25. The molecule has 0 N–H and O–H groups in total. The second-order valence-corrected chi connectivity index (χ2v) is 22.1. The van der Waals surface area contributed by atoms with E-state index in [1.807, 2.05) is 11.3 Å². The highest BCUT2D eigenvalue weighted by atomic mass is 32.1. The normalized spacial score (nSPS) is 14.1. The number of ether oxygens (including phenoxy) is 2. The molecule has 2 spiro atoms. The molecule has 13 aromatic rings. The smallest absolute Gasteiger partial charge is 0.132 e. The molecule has 1 aromatic heterocycles. The number of fused-ring (bicyclic) bond motifs is 21. The van der Waals surface area contributed by atoms with Gasteiger partial charge in [-0.25, -0.2) is 0 Å². The second kappa shape index (κ2) is 16.4. The van der Waals surface area contributed by atoms with E-state index in [4.69, 9.17) is 9.47 Å². The Kier molecular flexibility index (Phi) is 9.14. The average Bonchev–Trinajstić information content (AvgIpc) is 3.41. The van der Waals surface area contributed by atoms with Crippen molar-refractivity contribution in [3.8, 4) is 67.5 Å². The minimum atomic E-state index is -0.612. The summed E-state index contributed by atoms with van der Waals surface area (Å²) in [4.78, 5) is 2.49. The van der Waals surface area contributed by atoms with Crippen molar-refractivity contribution in [2.75, 3.05) is 4.90 Å². The number of hydrogen-bond donors (Lipinski definition) is 0. The lowest BCUT2D eigenvalue weighted by atomic mass is 9.66. The van der Waals surface area contributed by atoms with Gasteiger partial charge in [0.1, 0.15) is 23.0 Å². The van der Waals surface area contributed by atoms with E-state index >= 15 is 0 Å². The molecule has 364 valence electrons. The van der Waals surface area contributed by atoms with Gasteiger partial charge in [0.2, 0.25) is 0 Å². The molecule has 3 heterocycles. The predicted molar refractivity (Wildman–Crippen MR) is 320 cm³/mol. The van der Waals surface area contributed by atoms with Crippen LogP contribution in [-0.4, -0.2) is 0 Å². The first-order valence-corrected chi connectivity index (χ1v) is 27.6. The Hall–Kier alpha value is -9.74. The predicted octanol–water partition coefficient (Wildman–Crippen LogP) is 19.8. The largest absolute Gasteiger partial charge is 0.457 e. The Balaban J connectivity index is 0.862. The number of hydrogen-bond acceptors (Lipinski definition) is 4. The molecule has 0 radical (unpaired) electrons. The number of rotatable bonds is 5. The summed E-state index contributed by atoms with van der Waals surface area (Å²) in [6, 6.07) is 100. The zero-order valence-corrected chi connectivity index (χ0v) is 43.0. The third kappa shape index (κ3) is 5.87. The number of benzene rings is 12. The molecule has 0 saturated heterocycles. The highest BCUT2D eigenvalue weighted by Gasteiger charge is 2.53. The molecule has 4 heteroatoms. The molecule has 0 atom stereocenters. The zero-order chi connectivity index (χ0) is 51.1. The summed E-state index contributed by atoms with van der Waals surface area (Å²) in [5, 5.41) is 2.62. The molecule has 0 unspecified atom stereocenters. The summed E-state index contributed by atoms with van der Waals surface area (Å²) >= 11 is 1.86. The van der Waals surface area contributed by atoms with E-state index in [2.05, 4.69) is 278 Å². The number of thiophene rings is 1. The van der Waals surface area contributed by atoms with Gasteiger partial charge in [0.05, 0.1) is 16.5 Å². The van der Waals surface area contributed by atoms with Crippen molar-refractivity contribution in [1.82, 2.24) is 0 Å². The lowest BCUT2D eigenvalue weighted by Gasteiger charge is -2.39. The van der Waals surface area contributed by atoms with Crippen LogP contribution in [0, 0.1) is 0 Å². The fourth-order valence-corrected chi connectivity index (χ4v) is 15.2. The van der Waals surface area contributed by atoms with Gasteiger partial charge in [-0.05, 0) is 134 Å². The third-order valence-electron chi connectivity index (χ3n) is 17.2. The van der Waals surface area contributed by atoms with Gasteiger partial charge >= 0.3 is 0 Å². The van der Waals surface area contributed by atoms with E-state index in [0.29, 0.717) is 0 Å². The van der Waals surface area contributed by atoms with Gasteiger partial charge < -0.3 is 14.4 Å². The molecule has 0 saturated carbocycles. The Bertz CT molecular complexity index is 4570. The highest BCUT2D eigenvalue weighted by Crippen LogP contribution is 2.65. The first-order chi connectivity index (χ1) is 38.7. The number of anilines is 3. The van der Waals surface area contributed by atoms with Crippen LogP contribution >= 0.6 is 11.3 Å². The topological polar surface area (TPSA) is 21.7 Å². The van der Waals surface area contributed by atoms with Gasteiger partial charge in [0.15, 0.2) is 0 Å². The van der Waals surface area contributed by atoms with Gasteiger partial charge in [0.25, 0.3) is 0 Å². The van der Waals surface area contributed by atoms with Crippen LogP contribution in [0.15, 0.2) is 273 Å². The van der Waals surface area contributed by atoms with Crippen LogP contribution in [0.2, 0.25) is 0 Å². The number of para-hydroxylation sites is 4. The Labute approximate surface area is 456 Å². The van der Waals surface area contributed by atoms with Crippen molar-refractivity contribution >= 4 is 48.6 Å². The van der Waals surface area contributed by atoms with Crippen molar-refractivity contribution in [1.29, 1.82) is 0 Å². The molecule has 78 heavy (non-hydrogen) atoms. The molecule has 0 amide bonds. The SMILES string of the molecule is c1cc(-c2ccc3c(c2)-c2ccccc2C32c3ccccc3Oc3ccccc32)cc(N(c2ccc(-c3ccc4c(c3)sc3ccccc34)cc2)c2cccc3c2-c2ccccc2C32c3ccccc3Oc3ccccc32)c1. The fraction of sp³-hybridized carbons (Fsp3) is 0.0270. The van der Waals surface area contributed by atoms with Crippen molar-refractivity contribution in [2.45, 2.75) is 10.8 Å². The first-order valence-electron chi connectivity index (χ1n) is 26.8. The van der Waals surface area contributed by atoms with Crippen molar-refractivity contribution in [2.24, 2.45) is 0 Å². The van der Waals surface area contributed by atoms with Crippen LogP contribution in [-0.2, 0) is 10.8 Å². The van der Waals surface area contributed by atoms with Crippen molar-refractivity contribution in [3.05, 3.63) is 317 Å². The summed E-state index contributed by atoms with van der Waals surface area (Å²) in [5.41, 5.74) is 21.3. The first kappa shape index (κ1) is 43.5. The molecule has 3 nitrogen and oxygen atoms in total. The minimum Gasteiger partial charge on any atom is -0.457 e. The van der Waals surface area contributed by atoms with Crippen molar-refractivity contribution < 1.29 is 9.47 Å². The maximum atomic E-state index is 6.75. The quantitative estimate of drug-likeness (QED) is 0.171. The van der Waals surface area contributed by atoms with Crippen LogP contribution in [0.4, 0.5) is 17.1 Å². The number of nitrogens with zero attached hydrogens (tertiary/aromatic N) is 1. The van der Waals surface area contributed by atoms with Gasteiger partial charge in [0, 0.05) is 59.4 Å². The van der Waals surface area contributed by atoms with E-state index in [-0.39, 0.29) is 0 Å². The lowest BCUT2D eigenvalue weighted by molar-refractivity contribution is 0.436. The maximum absolute atomic E-state index is 6.75. The van der Waals surface area contributed by atoms with Crippen LogP contribution in [0.5, 0.6) is 23.0 Å². The van der Waals surface area contributed by atoms with Crippen molar-refractivity contribution in [3.63, 3.8) is 0 Å². The second-order valence-electron chi connectivity index (χ2n) is 21.0. The molecule has 2 aliphatic heterocycles. The van der Waals surface area contributed by atoms with Gasteiger partial charge in [-0.15, -0.1) is 11.3 Å². The summed E-state index contributed by atoms with van der Waals surface area (Å²) in [7, 11) is 0. The molecular formula is C74H45NO2S. The molecule has 0 fully saturated rings. The third-order valence-corrected chi connectivity index (χ3v) is 18.3. The van der Waals surface area contributed by atoms with E-state index in [1.54, 1.807) is 0 Å². The lowest BCUT2D eigenvalue weighted by Crippen LogP contribution is -2.32. The summed E-state index contributed by atoms with van der Waals surface area (Å²) in [6.45, 7) is 0. The van der Waals surface area contributed by atoms with E-state index in [0.717, 1.165) is 62.3 Å². The van der Waals surface area contributed by atoms with Gasteiger partial charge in [-0.1, -0.05) is 200 Å². The fourth-order valence-electron chi connectivity index (χ4n) is 14.1. The Morgan fingerprint density at radius 3 is 1.44 bits per heavy atom. The Morgan fingerprint density at radius 2 is 0.756 bits per heavy atom. The standard InChI is InChI=1S/C74H45NO2S/c1-4-22-57-52(19-1)56-44-48(38-42-59(56)73(57)60-24-6-10-30-66(60)76-67-31-11-7-25-61(67)73)47-17-15-18-51(43-47)75(50-39-35-46(36-40-50)49-37-41-54-53-20-3-14-34-70(53)78-71(54)45-49)65-29-16-28-64-72(65)55-21-2-5-23-58(55)74(64)62-26-8-12-32-68(62)77-69-33-13-9-27-63(69)74/h1-45H. The minimum absolute atomic E-state index is 0.531. The molecule has 4 aliphatic rings. The van der Waals surface area contributed by atoms with Crippen LogP contribution in [0.25, 0.3) is 64.7 Å². The van der Waals surface area contributed by atoms with E-state index < -0.39 is 10.8 Å². The van der Waals surface area contributed by atoms with E-state index in [1.165, 1.54) is 86.9 Å². The molecule has 12 aromatic carbocycles. The monoisotopic (exact) mass is 1010 g/mol. The summed E-state index contributed by atoms with van der Waals surface area (Å²) < 4.78 is 16.0. The summed E-state index contributed by atoms with van der Waals surface area (Å²) in [6.07, 6.45) is 0. The Morgan fingerprint density at radius 1 is 0.282 bits per heavy atom. The van der Waals surface area contributed by atoms with Gasteiger partial charge in [-0.2, -0.15) is 0 Å².